The van der Waals surface area contributed by atoms with Crippen LogP contribution in [0.5, 0.6) is 0 Å². The van der Waals surface area contributed by atoms with Crippen LogP contribution >= 0.6 is 0 Å². The molecule has 1 saturated carbocycles. The zero-order chi connectivity index (χ0) is 14.3. The van der Waals surface area contributed by atoms with Crippen molar-refractivity contribution in [1.29, 1.82) is 0 Å². The predicted molar refractivity (Wildman–Crippen MR) is 74.3 cm³/mol. The van der Waals surface area contributed by atoms with Gasteiger partial charge in [0, 0.05) is 26.2 Å². The molecule has 0 aromatic heterocycles. The summed E-state index contributed by atoms with van der Waals surface area (Å²) >= 11 is 0. The quantitative estimate of drug-likeness (QED) is 0.799. The molecule has 0 aromatic rings. The van der Waals surface area contributed by atoms with Crippen molar-refractivity contribution >= 4 is 12.0 Å². The lowest BCUT2D eigenvalue weighted by atomic mass is 9.82. The molecule has 2 heterocycles. The van der Waals surface area contributed by atoms with E-state index in [2.05, 4.69) is 0 Å². The molecule has 0 radical (unpaired) electrons. The number of carboxylic acids is 1. The maximum absolute atomic E-state index is 12.6. The molecule has 0 spiro atoms. The first-order valence-electron chi connectivity index (χ1n) is 7.77. The molecule has 3 atom stereocenters. The number of piperidine rings is 1. The fraction of sp³-hybridized carbons (Fsp3) is 0.867. The molecule has 1 N–H and O–H groups in total. The van der Waals surface area contributed by atoms with Crippen LogP contribution in [0.1, 0.15) is 39.0 Å². The molecule has 3 unspecified atom stereocenters. The van der Waals surface area contributed by atoms with Crippen molar-refractivity contribution in [3.63, 3.8) is 0 Å². The van der Waals surface area contributed by atoms with Gasteiger partial charge in [0.15, 0.2) is 0 Å². The van der Waals surface area contributed by atoms with Crippen LogP contribution in [-0.4, -0.2) is 53.1 Å². The second kappa shape index (κ2) is 4.93. The van der Waals surface area contributed by atoms with Gasteiger partial charge in [0.2, 0.25) is 0 Å². The molecule has 20 heavy (non-hydrogen) atoms. The van der Waals surface area contributed by atoms with Crippen LogP contribution in [0.3, 0.4) is 0 Å². The lowest BCUT2D eigenvalue weighted by Crippen LogP contribution is -2.52. The van der Waals surface area contributed by atoms with Crippen molar-refractivity contribution < 1.29 is 14.7 Å². The summed E-state index contributed by atoms with van der Waals surface area (Å²) in [7, 11) is 0. The van der Waals surface area contributed by atoms with Gasteiger partial charge in [-0.3, -0.25) is 4.79 Å². The zero-order valence-corrected chi connectivity index (χ0v) is 12.2. The van der Waals surface area contributed by atoms with Gasteiger partial charge in [-0.2, -0.15) is 0 Å². The second-order valence-electron chi connectivity index (χ2n) is 7.03. The maximum atomic E-state index is 12.6. The molecule has 3 fully saturated rings. The standard InChI is InChI=1S/C15H24N2O3/c1-15(13(18)19)6-3-7-16(10-15)14(20)17-8-11-4-2-5-12(11)9-17/h11-12H,2-10H2,1H3,(H,18,19). The van der Waals surface area contributed by atoms with Gasteiger partial charge in [-0.1, -0.05) is 6.42 Å². The predicted octanol–water partition coefficient (Wildman–Crippen LogP) is 2.03. The first-order chi connectivity index (χ1) is 9.49. The van der Waals surface area contributed by atoms with E-state index in [1.165, 1.54) is 19.3 Å². The lowest BCUT2D eigenvalue weighted by Gasteiger charge is -2.39. The van der Waals surface area contributed by atoms with E-state index in [1.807, 2.05) is 4.90 Å². The van der Waals surface area contributed by atoms with E-state index in [0.29, 0.717) is 31.3 Å². The molecule has 3 rings (SSSR count). The third kappa shape index (κ3) is 2.27. The Labute approximate surface area is 119 Å². The molecule has 3 aliphatic rings. The molecule has 1 aliphatic carbocycles. The summed E-state index contributed by atoms with van der Waals surface area (Å²) < 4.78 is 0. The molecule has 5 heteroatoms. The monoisotopic (exact) mass is 280 g/mol. The van der Waals surface area contributed by atoms with E-state index in [-0.39, 0.29) is 6.03 Å². The molecule has 0 aromatic carbocycles. The van der Waals surface area contributed by atoms with Crippen LogP contribution in [0, 0.1) is 17.3 Å². The van der Waals surface area contributed by atoms with Crippen molar-refractivity contribution in [2.24, 2.45) is 17.3 Å². The van der Waals surface area contributed by atoms with Gasteiger partial charge in [-0.25, -0.2) is 4.79 Å². The fourth-order valence-electron chi connectivity index (χ4n) is 4.17. The number of aliphatic carboxylic acids is 1. The average Bonchev–Trinajstić information content (AvgIpc) is 2.98. The molecule has 2 amide bonds. The summed E-state index contributed by atoms with van der Waals surface area (Å²) in [5, 5.41) is 9.34. The molecule has 0 bridgehead atoms. The van der Waals surface area contributed by atoms with Gasteiger partial charge in [0.05, 0.1) is 5.41 Å². The minimum Gasteiger partial charge on any atom is -0.481 e. The van der Waals surface area contributed by atoms with Crippen molar-refractivity contribution in [2.75, 3.05) is 26.2 Å². The van der Waals surface area contributed by atoms with Gasteiger partial charge in [0.25, 0.3) is 0 Å². The van der Waals surface area contributed by atoms with Crippen LogP contribution in [0.25, 0.3) is 0 Å². The SMILES string of the molecule is CC1(C(=O)O)CCCN(C(=O)N2CC3CCCC3C2)C1. The zero-order valence-electron chi connectivity index (χ0n) is 12.2. The van der Waals surface area contributed by atoms with E-state index < -0.39 is 11.4 Å². The minimum absolute atomic E-state index is 0.0616. The van der Waals surface area contributed by atoms with Crippen LogP contribution in [0.2, 0.25) is 0 Å². The first-order valence-corrected chi connectivity index (χ1v) is 7.77. The third-order valence-electron chi connectivity index (χ3n) is 5.48. The van der Waals surface area contributed by atoms with Crippen LogP contribution in [0.4, 0.5) is 4.79 Å². The summed E-state index contributed by atoms with van der Waals surface area (Å²) in [6.45, 7) is 4.57. The number of rotatable bonds is 1. The topological polar surface area (TPSA) is 60.9 Å². The number of hydrogen-bond donors (Lipinski definition) is 1. The normalized spacial score (nSPS) is 37.0. The Morgan fingerprint density at radius 1 is 1.10 bits per heavy atom. The van der Waals surface area contributed by atoms with Gasteiger partial charge in [0.1, 0.15) is 0 Å². The number of amides is 2. The smallest absolute Gasteiger partial charge is 0.320 e. The number of hydrogen-bond acceptors (Lipinski definition) is 2. The number of urea groups is 1. The number of carboxylic acid groups (broad SMARTS) is 1. The van der Waals surface area contributed by atoms with Gasteiger partial charge >= 0.3 is 12.0 Å². The Morgan fingerprint density at radius 3 is 2.35 bits per heavy atom. The van der Waals surface area contributed by atoms with E-state index in [9.17, 15) is 14.7 Å². The third-order valence-corrected chi connectivity index (χ3v) is 5.48. The number of carbonyl (C=O) groups is 2. The number of carbonyl (C=O) groups excluding carboxylic acids is 1. The summed E-state index contributed by atoms with van der Waals surface area (Å²) in [6, 6.07) is 0.0616. The van der Waals surface area contributed by atoms with Crippen LogP contribution < -0.4 is 0 Å². The fourth-order valence-corrected chi connectivity index (χ4v) is 4.17. The highest BCUT2D eigenvalue weighted by atomic mass is 16.4. The van der Waals surface area contributed by atoms with Gasteiger partial charge in [-0.05, 0) is 44.4 Å². The molecule has 5 nitrogen and oxygen atoms in total. The molecular weight excluding hydrogens is 256 g/mol. The average molecular weight is 280 g/mol. The van der Waals surface area contributed by atoms with Crippen molar-refractivity contribution in [3.8, 4) is 0 Å². The largest absolute Gasteiger partial charge is 0.481 e. The molecule has 112 valence electrons. The summed E-state index contributed by atoms with van der Waals surface area (Å²) in [4.78, 5) is 27.7. The van der Waals surface area contributed by atoms with Crippen molar-refractivity contribution in [3.05, 3.63) is 0 Å². The van der Waals surface area contributed by atoms with E-state index in [4.69, 9.17) is 0 Å². The summed E-state index contributed by atoms with van der Waals surface area (Å²) in [6.07, 6.45) is 5.26. The van der Waals surface area contributed by atoms with E-state index in [1.54, 1.807) is 11.8 Å². The highest BCUT2D eigenvalue weighted by Gasteiger charge is 2.43. The Bertz CT molecular complexity index is 413. The van der Waals surface area contributed by atoms with Crippen molar-refractivity contribution in [1.82, 2.24) is 9.80 Å². The Hall–Kier alpha value is -1.26. The summed E-state index contributed by atoms with van der Waals surface area (Å²) in [5.41, 5.74) is -0.774. The maximum Gasteiger partial charge on any atom is 0.320 e. The van der Waals surface area contributed by atoms with Gasteiger partial charge < -0.3 is 14.9 Å². The highest BCUT2D eigenvalue weighted by Crippen LogP contribution is 2.38. The van der Waals surface area contributed by atoms with Crippen molar-refractivity contribution in [2.45, 2.75) is 39.0 Å². The number of fused-ring (bicyclic) bond motifs is 1. The Morgan fingerprint density at radius 2 is 1.75 bits per heavy atom. The van der Waals surface area contributed by atoms with E-state index in [0.717, 1.165) is 19.5 Å². The highest BCUT2D eigenvalue weighted by molar-refractivity contribution is 5.78. The molecular formula is C15H24N2O3. The lowest BCUT2D eigenvalue weighted by molar-refractivity contribution is -0.150. The molecule has 2 aliphatic heterocycles. The minimum atomic E-state index is -0.784. The summed E-state index contributed by atoms with van der Waals surface area (Å²) in [5.74, 6) is 0.595. The molecule has 2 saturated heterocycles. The van der Waals surface area contributed by atoms with E-state index >= 15 is 0 Å². The first kappa shape index (κ1) is 13.7. The Balaban J connectivity index is 1.64. The van der Waals surface area contributed by atoms with Crippen LogP contribution in [-0.2, 0) is 4.79 Å². The number of likely N-dealkylation sites (tertiary alicyclic amines) is 2. The number of nitrogens with zero attached hydrogens (tertiary/aromatic N) is 2. The van der Waals surface area contributed by atoms with Gasteiger partial charge in [-0.15, -0.1) is 0 Å². The second-order valence-corrected chi connectivity index (χ2v) is 7.03. The Kier molecular flexibility index (Phi) is 3.38. The van der Waals surface area contributed by atoms with Crippen LogP contribution in [0.15, 0.2) is 0 Å².